The Kier molecular flexibility index (Phi) is 6.72. The topological polar surface area (TPSA) is 40.6 Å². The number of rotatable bonds is 5. The van der Waals surface area contributed by atoms with Crippen molar-refractivity contribution in [3.8, 4) is 0 Å². The molecule has 1 aliphatic rings. The largest absolute Gasteiger partial charge is 0.346 e. The number of likely N-dealkylation sites (tertiary alicyclic amines) is 1. The van der Waals surface area contributed by atoms with Gasteiger partial charge in [0.25, 0.3) is 0 Å². The maximum Gasteiger partial charge on any atom is 0.235 e. The summed E-state index contributed by atoms with van der Waals surface area (Å²) < 4.78 is 0. The summed E-state index contributed by atoms with van der Waals surface area (Å²) in [4.78, 5) is 28.9. The summed E-state index contributed by atoms with van der Waals surface area (Å²) in [5.74, 6) is 0.832. The van der Waals surface area contributed by atoms with Crippen molar-refractivity contribution in [3.63, 3.8) is 0 Å². The van der Waals surface area contributed by atoms with Gasteiger partial charge >= 0.3 is 0 Å². The van der Waals surface area contributed by atoms with E-state index in [2.05, 4.69) is 31.2 Å². The normalized spacial score (nSPS) is 16.8. The SMILES string of the molecule is CC(=O)N(C)CC1CCN(C(=O)C(C)Sc2ccc(C)cc2)CC1. The van der Waals surface area contributed by atoms with Crippen LogP contribution in [0.25, 0.3) is 0 Å². The quantitative estimate of drug-likeness (QED) is 0.767. The van der Waals surface area contributed by atoms with E-state index >= 15 is 0 Å². The van der Waals surface area contributed by atoms with Crippen LogP contribution in [0.4, 0.5) is 0 Å². The molecule has 2 rings (SSSR count). The Hall–Kier alpha value is -1.49. The first kappa shape index (κ1) is 18.8. The fourth-order valence-corrected chi connectivity index (χ4v) is 3.93. The van der Waals surface area contributed by atoms with Crippen LogP contribution in [-0.2, 0) is 9.59 Å². The second-order valence-corrected chi connectivity index (χ2v) is 8.16. The molecular weight excluding hydrogens is 320 g/mol. The smallest absolute Gasteiger partial charge is 0.235 e. The molecule has 4 nitrogen and oxygen atoms in total. The van der Waals surface area contributed by atoms with Crippen LogP contribution in [0.2, 0.25) is 0 Å². The van der Waals surface area contributed by atoms with Crippen molar-refractivity contribution in [1.82, 2.24) is 9.80 Å². The molecule has 1 unspecified atom stereocenters. The number of hydrogen-bond donors (Lipinski definition) is 0. The fraction of sp³-hybridized carbons (Fsp3) is 0.579. The lowest BCUT2D eigenvalue weighted by atomic mass is 9.96. The Morgan fingerprint density at radius 3 is 2.38 bits per heavy atom. The number of amides is 2. The number of piperidine rings is 1. The second-order valence-electron chi connectivity index (χ2n) is 6.74. The van der Waals surface area contributed by atoms with Gasteiger partial charge in [0, 0.05) is 38.5 Å². The van der Waals surface area contributed by atoms with E-state index in [1.807, 2.05) is 18.9 Å². The maximum absolute atomic E-state index is 12.6. The molecular formula is C19H28N2O2S. The predicted octanol–water partition coefficient (Wildman–Crippen LogP) is 3.19. The highest BCUT2D eigenvalue weighted by Gasteiger charge is 2.27. The van der Waals surface area contributed by atoms with E-state index in [0.29, 0.717) is 5.92 Å². The third-order valence-electron chi connectivity index (χ3n) is 4.68. The summed E-state index contributed by atoms with van der Waals surface area (Å²) in [6, 6.07) is 8.31. The Morgan fingerprint density at radius 2 is 1.83 bits per heavy atom. The summed E-state index contributed by atoms with van der Waals surface area (Å²) in [6.07, 6.45) is 1.95. The summed E-state index contributed by atoms with van der Waals surface area (Å²) in [7, 11) is 1.85. The molecule has 24 heavy (non-hydrogen) atoms. The van der Waals surface area contributed by atoms with Crippen molar-refractivity contribution in [1.29, 1.82) is 0 Å². The number of hydrogen-bond acceptors (Lipinski definition) is 3. The molecule has 1 heterocycles. The minimum absolute atomic E-state index is 0.0656. The highest BCUT2D eigenvalue weighted by molar-refractivity contribution is 8.00. The summed E-state index contributed by atoms with van der Waals surface area (Å²) in [5, 5.41) is -0.0656. The van der Waals surface area contributed by atoms with Crippen molar-refractivity contribution in [2.24, 2.45) is 5.92 Å². The number of carbonyl (C=O) groups is 2. The van der Waals surface area contributed by atoms with Crippen molar-refractivity contribution in [2.45, 2.75) is 43.8 Å². The number of thioether (sulfide) groups is 1. The highest BCUT2D eigenvalue weighted by atomic mass is 32.2. The zero-order valence-corrected chi connectivity index (χ0v) is 15.9. The molecule has 1 aromatic carbocycles. The minimum atomic E-state index is -0.0656. The first-order chi connectivity index (χ1) is 11.4. The van der Waals surface area contributed by atoms with Gasteiger partial charge in [0.15, 0.2) is 0 Å². The molecule has 0 saturated carbocycles. The molecule has 1 fully saturated rings. The van der Waals surface area contributed by atoms with E-state index in [9.17, 15) is 9.59 Å². The Bertz CT molecular complexity index is 565. The van der Waals surface area contributed by atoms with Crippen molar-refractivity contribution in [3.05, 3.63) is 29.8 Å². The van der Waals surface area contributed by atoms with Crippen LogP contribution >= 0.6 is 11.8 Å². The zero-order chi connectivity index (χ0) is 17.7. The van der Waals surface area contributed by atoms with Gasteiger partial charge in [0.05, 0.1) is 5.25 Å². The Labute approximate surface area is 149 Å². The Balaban J connectivity index is 1.81. The molecule has 1 aliphatic heterocycles. The number of carbonyl (C=O) groups excluding carboxylic acids is 2. The standard InChI is InChI=1S/C19H28N2O2S/c1-14-5-7-18(8-6-14)24-15(2)19(23)21-11-9-17(10-12-21)13-20(4)16(3)22/h5-8,15,17H,9-13H2,1-4H3. The summed E-state index contributed by atoms with van der Waals surface area (Å²) in [6.45, 7) is 8.05. The van der Waals surface area contributed by atoms with Crippen LogP contribution in [0.15, 0.2) is 29.2 Å². The summed E-state index contributed by atoms with van der Waals surface area (Å²) in [5.41, 5.74) is 1.23. The van der Waals surface area contributed by atoms with Crippen LogP contribution in [0, 0.1) is 12.8 Å². The minimum Gasteiger partial charge on any atom is -0.346 e. The van der Waals surface area contributed by atoms with E-state index in [-0.39, 0.29) is 17.1 Å². The average molecular weight is 349 g/mol. The molecule has 1 saturated heterocycles. The molecule has 0 radical (unpaired) electrons. The lowest BCUT2D eigenvalue weighted by Gasteiger charge is -2.35. The molecule has 0 aliphatic carbocycles. The fourth-order valence-electron chi connectivity index (χ4n) is 2.98. The third kappa shape index (κ3) is 5.26. The first-order valence-electron chi connectivity index (χ1n) is 8.60. The van der Waals surface area contributed by atoms with E-state index in [0.717, 1.165) is 37.4 Å². The van der Waals surface area contributed by atoms with E-state index in [4.69, 9.17) is 0 Å². The number of nitrogens with zero attached hydrogens (tertiary/aromatic N) is 2. The predicted molar refractivity (Wildman–Crippen MR) is 99.1 cm³/mol. The van der Waals surface area contributed by atoms with Crippen molar-refractivity contribution in [2.75, 3.05) is 26.7 Å². The summed E-state index contributed by atoms with van der Waals surface area (Å²) >= 11 is 1.63. The molecule has 0 spiro atoms. The Morgan fingerprint density at radius 1 is 1.25 bits per heavy atom. The van der Waals surface area contributed by atoms with E-state index < -0.39 is 0 Å². The van der Waals surface area contributed by atoms with Gasteiger partial charge in [0.2, 0.25) is 11.8 Å². The second kappa shape index (κ2) is 8.56. The van der Waals surface area contributed by atoms with Gasteiger partial charge in [-0.05, 0) is 44.7 Å². The van der Waals surface area contributed by atoms with Crippen molar-refractivity contribution < 1.29 is 9.59 Å². The lowest BCUT2D eigenvalue weighted by Crippen LogP contribution is -2.44. The lowest BCUT2D eigenvalue weighted by molar-refractivity contribution is -0.133. The first-order valence-corrected chi connectivity index (χ1v) is 9.48. The van der Waals surface area contributed by atoms with Crippen molar-refractivity contribution >= 4 is 23.6 Å². The van der Waals surface area contributed by atoms with Gasteiger partial charge in [-0.2, -0.15) is 0 Å². The van der Waals surface area contributed by atoms with Gasteiger partial charge in [-0.25, -0.2) is 0 Å². The van der Waals surface area contributed by atoms with Crippen LogP contribution in [0.3, 0.4) is 0 Å². The molecule has 0 aromatic heterocycles. The zero-order valence-electron chi connectivity index (χ0n) is 15.1. The molecule has 1 aromatic rings. The molecule has 2 amide bonds. The van der Waals surface area contributed by atoms with E-state index in [1.165, 1.54) is 5.56 Å². The average Bonchev–Trinajstić information content (AvgIpc) is 2.56. The van der Waals surface area contributed by atoms with Crippen LogP contribution in [0.5, 0.6) is 0 Å². The number of aryl methyl sites for hydroxylation is 1. The highest BCUT2D eigenvalue weighted by Crippen LogP contribution is 2.26. The third-order valence-corrected chi connectivity index (χ3v) is 5.78. The molecule has 1 atom stereocenters. The van der Waals surface area contributed by atoms with Gasteiger partial charge in [-0.1, -0.05) is 17.7 Å². The van der Waals surface area contributed by atoms with Gasteiger partial charge in [0.1, 0.15) is 0 Å². The molecule has 0 bridgehead atoms. The van der Waals surface area contributed by atoms with Gasteiger partial charge < -0.3 is 9.80 Å². The monoisotopic (exact) mass is 348 g/mol. The van der Waals surface area contributed by atoms with Crippen LogP contribution in [0.1, 0.15) is 32.3 Å². The number of benzene rings is 1. The van der Waals surface area contributed by atoms with E-state index in [1.54, 1.807) is 23.6 Å². The molecule has 132 valence electrons. The molecule has 0 N–H and O–H groups in total. The molecule has 5 heteroatoms. The van der Waals surface area contributed by atoms with Gasteiger partial charge in [-0.3, -0.25) is 9.59 Å². The van der Waals surface area contributed by atoms with Crippen LogP contribution < -0.4 is 0 Å². The van der Waals surface area contributed by atoms with Gasteiger partial charge in [-0.15, -0.1) is 11.8 Å². The maximum atomic E-state index is 12.6. The van der Waals surface area contributed by atoms with Crippen LogP contribution in [-0.4, -0.2) is 53.5 Å².